The highest BCUT2D eigenvalue weighted by atomic mass is 16.3. The van der Waals surface area contributed by atoms with Crippen LogP contribution in [0.1, 0.15) is 26.5 Å². The van der Waals surface area contributed by atoms with Crippen LogP contribution in [0, 0.1) is 0 Å². The average Bonchev–Trinajstić information content (AvgIpc) is 3.21. The van der Waals surface area contributed by atoms with Gasteiger partial charge in [0.1, 0.15) is 11.5 Å². The molecule has 122 valence electrons. The summed E-state index contributed by atoms with van der Waals surface area (Å²) in [7, 11) is 0. The van der Waals surface area contributed by atoms with Crippen molar-refractivity contribution < 1.29 is 14.0 Å². The van der Waals surface area contributed by atoms with Crippen LogP contribution in [0.2, 0.25) is 0 Å². The first-order valence-corrected chi connectivity index (χ1v) is 7.65. The van der Waals surface area contributed by atoms with Crippen molar-refractivity contribution in [2.75, 3.05) is 5.43 Å². The molecule has 0 saturated heterocycles. The maximum Gasteiger partial charge on any atom is 0.258 e. The molecule has 25 heavy (non-hydrogen) atoms. The molecule has 0 fully saturated rings. The molecule has 0 unspecified atom stereocenters. The van der Waals surface area contributed by atoms with Gasteiger partial charge in [0.05, 0.1) is 23.0 Å². The summed E-state index contributed by atoms with van der Waals surface area (Å²) in [6.07, 6.45) is 1.57. The summed E-state index contributed by atoms with van der Waals surface area (Å²) in [5.74, 6) is 0.406. The first kappa shape index (κ1) is 14.9. The number of rotatable bonds is 4. The van der Waals surface area contributed by atoms with E-state index in [2.05, 4.69) is 15.8 Å². The van der Waals surface area contributed by atoms with Crippen molar-refractivity contribution in [1.82, 2.24) is 5.32 Å². The van der Waals surface area contributed by atoms with E-state index in [-0.39, 0.29) is 11.8 Å². The molecule has 6 nitrogen and oxygen atoms in total. The topological polar surface area (TPSA) is 83.7 Å². The lowest BCUT2D eigenvalue weighted by Crippen LogP contribution is -2.19. The molecule has 2 N–H and O–H groups in total. The van der Waals surface area contributed by atoms with Crippen LogP contribution < -0.4 is 10.7 Å². The predicted molar refractivity (Wildman–Crippen MR) is 93.6 cm³/mol. The Morgan fingerprint density at radius 3 is 2.56 bits per heavy atom. The van der Waals surface area contributed by atoms with Crippen LogP contribution in [-0.2, 0) is 0 Å². The number of nitrogens with one attached hydrogen (secondary N) is 2. The highest BCUT2D eigenvalue weighted by Crippen LogP contribution is 2.26. The van der Waals surface area contributed by atoms with Gasteiger partial charge in [-0.25, -0.2) is 0 Å². The number of amides is 2. The second kappa shape index (κ2) is 6.09. The lowest BCUT2D eigenvalue weighted by atomic mass is 10.0. The largest absolute Gasteiger partial charge is 0.455 e. The molecule has 3 aromatic rings. The van der Waals surface area contributed by atoms with Crippen LogP contribution in [0.15, 0.2) is 70.2 Å². The maximum atomic E-state index is 11.7. The number of carbonyl (C=O) groups excluding carboxylic acids is 2. The molecule has 0 atom stereocenters. The lowest BCUT2D eigenvalue weighted by Gasteiger charge is -1.99. The average molecular weight is 331 g/mol. The minimum Gasteiger partial charge on any atom is -0.455 e. The van der Waals surface area contributed by atoms with Gasteiger partial charge in [0.2, 0.25) is 0 Å². The van der Waals surface area contributed by atoms with Crippen LogP contribution >= 0.6 is 0 Å². The van der Waals surface area contributed by atoms with E-state index in [0.717, 1.165) is 11.3 Å². The van der Waals surface area contributed by atoms with E-state index in [1.54, 1.807) is 36.5 Å². The molecule has 1 aromatic heterocycles. The van der Waals surface area contributed by atoms with Gasteiger partial charge >= 0.3 is 0 Å². The molecule has 2 amide bonds. The molecule has 2 aromatic carbocycles. The Bertz CT molecular complexity index is 990. The molecule has 1 aliphatic rings. The molecule has 0 spiro atoms. The van der Waals surface area contributed by atoms with E-state index >= 15 is 0 Å². The molecule has 1 aliphatic heterocycles. The number of hydrogen-bond acceptors (Lipinski definition) is 5. The summed E-state index contributed by atoms with van der Waals surface area (Å²) in [6, 6.07) is 18.2. The number of hydrazone groups is 1. The number of furan rings is 1. The van der Waals surface area contributed by atoms with Crippen LogP contribution in [0.4, 0.5) is 5.69 Å². The molecule has 6 heteroatoms. The second-order valence-corrected chi connectivity index (χ2v) is 5.48. The fourth-order valence-corrected chi connectivity index (χ4v) is 2.58. The van der Waals surface area contributed by atoms with Gasteiger partial charge in [0, 0.05) is 5.56 Å². The van der Waals surface area contributed by atoms with E-state index in [0.29, 0.717) is 22.6 Å². The first-order chi connectivity index (χ1) is 12.2. The summed E-state index contributed by atoms with van der Waals surface area (Å²) >= 11 is 0. The number of carbonyl (C=O) groups is 2. The van der Waals surface area contributed by atoms with E-state index < -0.39 is 0 Å². The van der Waals surface area contributed by atoms with Crippen molar-refractivity contribution in [2.24, 2.45) is 5.10 Å². The first-order valence-electron chi connectivity index (χ1n) is 7.65. The number of anilines is 1. The van der Waals surface area contributed by atoms with Gasteiger partial charge in [-0.3, -0.25) is 20.3 Å². The highest BCUT2D eigenvalue weighted by Gasteiger charge is 2.27. The molecule has 2 heterocycles. The molecule has 0 saturated carbocycles. The van der Waals surface area contributed by atoms with Crippen molar-refractivity contribution >= 4 is 23.7 Å². The molecule has 0 radical (unpaired) electrons. The van der Waals surface area contributed by atoms with Gasteiger partial charge in [-0.2, -0.15) is 5.10 Å². The number of hydrogen-bond donors (Lipinski definition) is 2. The normalized spacial score (nSPS) is 13.1. The SMILES string of the molecule is O=C1NC(=O)c2cc(-c3ccc(C=NNc4ccccc4)o3)ccc21. The minimum absolute atomic E-state index is 0.361. The Kier molecular flexibility index (Phi) is 3.63. The fourth-order valence-electron chi connectivity index (χ4n) is 2.58. The molecule has 0 bridgehead atoms. The van der Waals surface area contributed by atoms with Gasteiger partial charge in [-0.1, -0.05) is 24.3 Å². The van der Waals surface area contributed by atoms with Crippen molar-refractivity contribution in [3.05, 3.63) is 77.6 Å². The summed E-state index contributed by atoms with van der Waals surface area (Å²) in [5, 5.41) is 6.39. The quantitative estimate of drug-likeness (QED) is 0.436. The number of para-hydroxylation sites is 1. The predicted octanol–water partition coefficient (Wildman–Crippen LogP) is 3.28. The van der Waals surface area contributed by atoms with Crippen LogP contribution in [0.5, 0.6) is 0 Å². The van der Waals surface area contributed by atoms with Gasteiger partial charge in [-0.15, -0.1) is 0 Å². The number of benzene rings is 2. The van der Waals surface area contributed by atoms with E-state index in [4.69, 9.17) is 4.42 Å². The number of imide groups is 1. The second-order valence-electron chi connectivity index (χ2n) is 5.48. The maximum absolute atomic E-state index is 11.7. The van der Waals surface area contributed by atoms with Gasteiger partial charge in [-0.05, 0) is 36.4 Å². The third-order valence-electron chi connectivity index (χ3n) is 3.81. The van der Waals surface area contributed by atoms with Gasteiger partial charge < -0.3 is 4.42 Å². The summed E-state index contributed by atoms with van der Waals surface area (Å²) in [5.41, 5.74) is 5.25. The smallest absolute Gasteiger partial charge is 0.258 e. The van der Waals surface area contributed by atoms with Crippen molar-refractivity contribution in [3.8, 4) is 11.3 Å². The Balaban J connectivity index is 1.53. The third-order valence-corrected chi connectivity index (χ3v) is 3.81. The highest BCUT2D eigenvalue weighted by molar-refractivity contribution is 6.21. The Morgan fingerprint density at radius 1 is 0.920 bits per heavy atom. The lowest BCUT2D eigenvalue weighted by molar-refractivity contribution is 0.0879. The third kappa shape index (κ3) is 2.92. The van der Waals surface area contributed by atoms with E-state index in [1.165, 1.54) is 0 Å². The zero-order valence-electron chi connectivity index (χ0n) is 13.0. The zero-order valence-corrected chi connectivity index (χ0v) is 13.0. The summed E-state index contributed by atoms with van der Waals surface area (Å²) in [4.78, 5) is 23.3. The Labute approximate surface area is 143 Å². The van der Waals surface area contributed by atoms with Crippen LogP contribution in [0.3, 0.4) is 0 Å². The van der Waals surface area contributed by atoms with E-state index in [1.807, 2.05) is 30.3 Å². The number of nitrogens with zero attached hydrogens (tertiary/aromatic N) is 1. The molecule has 0 aliphatic carbocycles. The van der Waals surface area contributed by atoms with Gasteiger partial charge in [0.15, 0.2) is 0 Å². The molecule has 4 rings (SSSR count). The minimum atomic E-state index is -0.387. The molecular weight excluding hydrogens is 318 g/mol. The zero-order chi connectivity index (χ0) is 17.2. The van der Waals surface area contributed by atoms with Crippen LogP contribution in [0.25, 0.3) is 11.3 Å². The fraction of sp³-hybridized carbons (Fsp3) is 0. The number of fused-ring (bicyclic) bond motifs is 1. The van der Waals surface area contributed by atoms with Crippen molar-refractivity contribution in [3.63, 3.8) is 0 Å². The van der Waals surface area contributed by atoms with Gasteiger partial charge in [0.25, 0.3) is 11.8 Å². The summed E-state index contributed by atoms with van der Waals surface area (Å²) < 4.78 is 5.72. The Hall–Kier alpha value is -3.67. The molecular formula is C19H13N3O3. The summed E-state index contributed by atoms with van der Waals surface area (Å²) in [6.45, 7) is 0. The van der Waals surface area contributed by atoms with Crippen molar-refractivity contribution in [1.29, 1.82) is 0 Å². The monoisotopic (exact) mass is 331 g/mol. The Morgan fingerprint density at radius 2 is 1.72 bits per heavy atom. The van der Waals surface area contributed by atoms with E-state index in [9.17, 15) is 9.59 Å². The van der Waals surface area contributed by atoms with Crippen LogP contribution in [-0.4, -0.2) is 18.0 Å². The standard InChI is InChI=1S/C19H13N3O3/c23-18-15-8-6-12(10-16(15)19(24)21-18)17-9-7-14(25-17)11-20-22-13-4-2-1-3-5-13/h1-11,22H,(H,21,23,24). The van der Waals surface area contributed by atoms with Crippen molar-refractivity contribution in [2.45, 2.75) is 0 Å².